The molecular formula is C10H7F3O6S. The van der Waals surface area contributed by atoms with E-state index in [1.54, 1.807) is 0 Å². The Morgan fingerprint density at radius 1 is 1.10 bits per heavy atom. The maximum atomic E-state index is 12.0. The van der Waals surface area contributed by atoms with Crippen molar-refractivity contribution in [3.05, 3.63) is 35.4 Å². The zero-order valence-electron chi connectivity index (χ0n) is 9.80. The fourth-order valence-corrected chi connectivity index (χ4v) is 1.48. The SMILES string of the molecule is COC(=O)c1cccc(C(=O)OS(=O)(=O)C(F)(F)F)c1. The van der Waals surface area contributed by atoms with Gasteiger partial charge in [-0.3, -0.25) is 0 Å². The van der Waals surface area contributed by atoms with Crippen LogP contribution < -0.4 is 0 Å². The third-order valence-electron chi connectivity index (χ3n) is 1.99. The highest BCUT2D eigenvalue weighted by molar-refractivity contribution is 7.88. The van der Waals surface area contributed by atoms with Gasteiger partial charge in [0.2, 0.25) is 0 Å². The second kappa shape index (κ2) is 5.49. The van der Waals surface area contributed by atoms with Crippen molar-refractivity contribution >= 4 is 22.1 Å². The minimum Gasteiger partial charge on any atom is -0.465 e. The summed E-state index contributed by atoms with van der Waals surface area (Å²) >= 11 is 0. The molecule has 0 N–H and O–H groups in total. The summed E-state index contributed by atoms with van der Waals surface area (Å²) in [5, 5.41) is 0. The first-order valence-electron chi connectivity index (χ1n) is 4.82. The minimum absolute atomic E-state index is 0.147. The maximum Gasteiger partial charge on any atom is 0.534 e. The predicted octanol–water partition coefficient (Wildman–Crippen LogP) is 1.48. The van der Waals surface area contributed by atoms with E-state index >= 15 is 0 Å². The average Bonchev–Trinajstić information content (AvgIpc) is 2.36. The summed E-state index contributed by atoms with van der Waals surface area (Å²) in [6.07, 6.45) is 0. The van der Waals surface area contributed by atoms with E-state index in [2.05, 4.69) is 8.92 Å². The normalized spacial score (nSPS) is 11.8. The van der Waals surface area contributed by atoms with Crippen molar-refractivity contribution in [3.8, 4) is 0 Å². The van der Waals surface area contributed by atoms with Gasteiger partial charge >= 0.3 is 27.6 Å². The Hall–Kier alpha value is -2.10. The Balaban J connectivity index is 3.03. The van der Waals surface area contributed by atoms with E-state index in [-0.39, 0.29) is 5.56 Å². The van der Waals surface area contributed by atoms with E-state index in [9.17, 15) is 31.2 Å². The van der Waals surface area contributed by atoms with Crippen LogP contribution in [0.5, 0.6) is 0 Å². The van der Waals surface area contributed by atoms with Crippen LogP contribution in [0.1, 0.15) is 20.7 Å². The van der Waals surface area contributed by atoms with Crippen molar-refractivity contribution < 1.29 is 40.1 Å². The van der Waals surface area contributed by atoms with Crippen molar-refractivity contribution in [1.82, 2.24) is 0 Å². The molecule has 0 bridgehead atoms. The summed E-state index contributed by atoms with van der Waals surface area (Å²) < 4.78 is 65.1. The minimum atomic E-state index is -6.05. The first kappa shape index (κ1) is 16.0. The van der Waals surface area contributed by atoms with Crippen LogP contribution in [0.4, 0.5) is 13.2 Å². The molecule has 0 fully saturated rings. The molecule has 0 amide bonds. The van der Waals surface area contributed by atoms with Crippen LogP contribution in [0, 0.1) is 0 Å². The molecule has 1 aromatic rings. The monoisotopic (exact) mass is 312 g/mol. The van der Waals surface area contributed by atoms with Gasteiger partial charge in [0.15, 0.2) is 0 Å². The highest BCUT2D eigenvalue weighted by Crippen LogP contribution is 2.25. The predicted molar refractivity (Wildman–Crippen MR) is 58.2 cm³/mol. The van der Waals surface area contributed by atoms with Crippen molar-refractivity contribution in [2.45, 2.75) is 5.51 Å². The lowest BCUT2D eigenvalue weighted by atomic mass is 10.1. The van der Waals surface area contributed by atoms with Crippen LogP contribution in [0.3, 0.4) is 0 Å². The van der Waals surface area contributed by atoms with E-state index < -0.39 is 33.1 Å². The van der Waals surface area contributed by atoms with Gasteiger partial charge in [-0.2, -0.15) is 21.6 Å². The first-order valence-corrected chi connectivity index (χ1v) is 6.23. The quantitative estimate of drug-likeness (QED) is 0.477. The molecule has 6 nitrogen and oxygen atoms in total. The summed E-state index contributed by atoms with van der Waals surface area (Å²) in [5.41, 5.74) is -6.41. The van der Waals surface area contributed by atoms with Gasteiger partial charge < -0.3 is 8.92 Å². The molecule has 0 aliphatic carbocycles. The van der Waals surface area contributed by atoms with Crippen molar-refractivity contribution in [2.75, 3.05) is 7.11 Å². The molecule has 0 aromatic heterocycles. The average molecular weight is 312 g/mol. The lowest BCUT2D eigenvalue weighted by molar-refractivity contribution is -0.0525. The van der Waals surface area contributed by atoms with Crippen LogP contribution in [-0.2, 0) is 19.0 Å². The third-order valence-corrected chi connectivity index (χ3v) is 2.93. The van der Waals surface area contributed by atoms with Gasteiger partial charge in [-0.25, -0.2) is 9.59 Å². The number of esters is 1. The molecule has 20 heavy (non-hydrogen) atoms. The summed E-state index contributed by atoms with van der Waals surface area (Å²) in [5.74, 6) is -2.61. The van der Waals surface area contributed by atoms with Crippen LogP contribution in [0.25, 0.3) is 0 Å². The molecule has 0 aliphatic rings. The highest BCUT2D eigenvalue weighted by atomic mass is 32.2. The van der Waals surface area contributed by atoms with Crippen molar-refractivity contribution in [1.29, 1.82) is 0 Å². The van der Waals surface area contributed by atoms with Crippen LogP contribution >= 0.6 is 0 Å². The Bertz CT molecular complexity index is 635. The number of hydrogen-bond donors (Lipinski definition) is 0. The Kier molecular flexibility index (Phi) is 4.38. The molecule has 110 valence electrons. The van der Waals surface area contributed by atoms with Gasteiger partial charge in [-0.05, 0) is 18.2 Å². The van der Waals surface area contributed by atoms with Gasteiger partial charge in [0.25, 0.3) is 0 Å². The summed E-state index contributed by atoms with van der Waals surface area (Å²) in [6, 6.07) is 4.21. The number of benzene rings is 1. The summed E-state index contributed by atoms with van der Waals surface area (Å²) in [7, 11) is -4.99. The third kappa shape index (κ3) is 3.47. The summed E-state index contributed by atoms with van der Waals surface area (Å²) in [4.78, 5) is 22.5. The number of ether oxygens (including phenoxy) is 1. The molecule has 10 heteroatoms. The lowest BCUT2D eigenvalue weighted by Gasteiger charge is -2.08. The number of methoxy groups -OCH3 is 1. The molecule has 0 spiro atoms. The van der Waals surface area contributed by atoms with Gasteiger partial charge in [-0.15, -0.1) is 0 Å². The second-order valence-electron chi connectivity index (χ2n) is 3.34. The molecule has 0 saturated heterocycles. The Morgan fingerprint density at radius 3 is 2.05 bits per heavy atom. The molecule has 0 heterocycles. The van der Waals surface area contributed by atoms with Crippen LogP contribution in [-0.4, -0.2) is 33.0 Å². The summed E-state index contributed by atoms with van der Waals surface area (Å²) in [6.45, 7) is 0. The first-order chi connectivity index (χ1) is 9.08. The molecular weight excluding hydrogens is 305 g/mol. The van der Waals surface area contributed by atoms with Gasteiger partial charge in [0, 0.05) is 0 Å². The van der Waals surface area contributed by atoms with Crippen LogP contribution in [0.15, 0.2) is 24.3 Å². The van der Waals surface area contributed by atoms with Crippen molar-refractivity contribution in [2.24, 2.45) is 0 Å². The zero-order valence-corrected chi connectivity index (χ0v) is 10.6. The number of rotatable bonds is 3. The molecule has 0 saturated carbocycles. The molecule has 0 radical (unpaired) electrons. The molecule has 0 unspecified atom stereocenters. The van der Waals surface area contributed by atoms with Crippen LogP contribution in [0.2, 0.25) is 0 Å². The number of halogens is 3. The molecule has 1 aromatic carbocycles. The topological polar surface area (TPSA) is 86.7 Å². The number of alkyl halides is 3. The van der Waals surface area contributed by atoms with Gasteiger partial charge in [0.05, 0.1) is 18.2 Å². The molecule has 1 rings (SSSR count). The second-order valence-corrected chi connectivity index (χ2v) is 4.88. The van der Waals surface area contributed by atoms with Gasteiger partial charge in [0.1, 0.15) is 0 Å². The number of carbonyl (C=O) groups excluding carboxylic acids is 2. The Labute approximate surface area is 111 Å². The van der Waals surface area contributed by atoms with E-state index in [4.69, 9.17) is 0 Å². The smallest absolute Gasteiger partial charge is 0.465 e. The highest BCUT2D eigenvalue weighted by Gasteiger charge is 2.49. The fraction of sp³-hybridized carbons (Fsp3) is 0.200. The lowest BCUT2D eigenvalue weighted by Crippen LogP contribution is -2.28. The fourth-order valence-electron chi connectivity index (χ4n) is 1.09. The van der Waals surface area contributed by atoms with E-state index in [1.165, 1.54) is 6.07 Å². The van der Waals surface area contributed by atoms with E-state index in [0.29, 0.717) is 0 Å². The number of carbonyl (C=O) groups is 2. The largest absolute Gasteiger partial charge is 0.534 e. The van der Waals surface area contributed by atoms with Crippen molar-refractivity contribution in [3.63, 3.8) is 0 Å². The Morgan fingerprint density at radius 2 is 1.60 bits per heavy atom. The molecule has 0 atom stereocenters. The maximum absolute atomic E-state index is 12.0. The van der Waals surface area contributed by atoms with Gasteiger partial charge in [-0.1, -0.05) is 6.07 Å². The zero-order chi connectivity index (χ0) is 15.6. The van der Waals surface area contributed by atoms with E-state index in [1.807, 2.05) is 0 Å². The number of hydrogen-bond acceptors (Lipinski definition) is 6. The van der Waals surface area contributed by atoms with E-state index in [0.717, 1.165) is 25.3 Å². The standard InChI is InChI=1S/C10H7F3O6S/c1-18-8(14)6-3-2-4-7(5-6)9(15)19-20(16,17)10(11,12)13/h2-5H,1H3. The molecule has 0 aliphatic heterocycles.